The minimum absolute atomic E-state index is 0.0241. The maximum atomic E-state index is 5.85. The Bertz CT molecular complexity index is 715. The van der Waals surface area contributed by atoms with Crippen molar-refractivity contribution in [1.82, 2.24) is 10.4 Å². The Labute approximate surface area is 122 Å². The van der Waals surface area contributed by atoms with Crippen molar-refractivity contribution in [1.29, 1.82) is 0 Å². The number of nitrogens with two attached hydrogens (primary N) is 1. The molecule has 0 bridgehead atoms. The lowest BCUT2D eigenvalue weighted by Crippen LogP contribution is -2.29. The average molecular weight is 283 g/mol. The summed E-state index contributed by atoms with van der Waals surface area (Å²) in [6.45, 7) is 2.17. The van der Waals surface area contributed by atoms with Crippen LogP contribution in [0.25, 0.3) is 10.8 Å². The lowest BCUT2D eigenvalue weighted by Gasteiger charge is -2.18. The van der Waals surface area contributed by atoms with Gasteiger partial charge in [0, 0.05) is 22.7 Å². The molecule has 1 unspecified atom stereocenters. The molecule has 3 N–H and O–H groups in total. The van der Waals surface area contributed by atoms with Gasteiger partial charge in [-0.3, -0.25) is 10.8 Å². The summed E-state index contributed by atoms with van der Waals surface area (Å²) in [6, 6.07) is 10.5. The van der Waals surface area contributed by atoms with Gasteiger partial charge in [0.1, 0.15) is 0 Å². The summed E-state index contributed by atoms with van der Waals surface area (Å²) in [5.74, 6) is 5.85. The molecule has 0 radical (unpaired) electrons. The number of aromatic nitrogens is 1. The van der Waals surface area contributed by atoms with Gasteiger partial charge in [0.05, 0.1) is 6.04 Å². The Balaban J connectivity index is 2.17. The number of nitrogens with one attached hydrogen (secondary N) is 1. The van der Waals surface area contributed by atoms with E-state index in [1.54, 1.807) is 11.3 Å². The highest BCUT2D eigenvalue weighted by molar-refractivity contribution is 7.10. The van der Waals surface area contributed by atoms with Crippen LogP contribution in [0.5, 0.6) is 0 Å². The van der Waals surface area contributed by atoms with Crippen molar-refractivity contribution in [2.24, 2.45) is 5.84 Å². The molecule has 3 rings (SSSR count). The summed E-state index contributed by atoms with van der Waals surface area (Å²) >= 11 is 1.75. The van der Waals surface area contributed by atoms with Gasteiger partial charge < -0.3 is 0 Å². The molecule has 0 amide bonds. The van der Waals surface area contributed by atoms with E-state index in [0.29, 0.717) is 0 Å². The average Bonchev–Trinajstić information content (AvgIpc) is 2.97. The number of rotatable bonds is 4. The first-order chi connectivity index (χ1) is 9.85. The highest BCUT2D eigenvalue weighted by Gasteiger charge is 2.18. The predicted molar refractivity (Wildman–Crippen MR) is 84.6 cm³/mol. The van der Waals surface area contributed by atoms with Crippen LogP contribution in [0.15, 0.2) is 48.1 Å². The molecule has 0 saturated carbocycles. The molecule has 0 aliphatic carbocycles. The van der Waals surface area contributed by atoms with Crippen LogP contribution in [-0.4, -0.2) is 4.98 Å². The fraction of sp³-hybridized carbons (Fsp3) is 0.188. The van der Waals surface area contributed by atoms with Gasteiger partial charge in [-0.25, -0.2) is 5.43 Å². The predicted octanol–water partition coefficient (Wildman–Crippen LogP) is 3.41. The van der Waals surface area contributed by atoms with E-state index in [-0.39, 0.29) is 6.04 Å². The monoisotopic (exact) mass is 283 g/mol. The second kappa shape index (κ2) is 5.71. The zero-order valence-corrected chi connectivity index (χ0v) is 12.2. The van der Waals surface area contributed by atoms with Crippen molar-refractivity contribution in [2.75, 3.05) is 0 Å². The first-order valence-corrected chi connectivity index (χ1v) is 7.58. The third-order valence-electron chi connectivity index (χ3n) is 3.62. The highest BCUT2D eigenvalue weighted by Crippen LogP contribution is 2.33. The summed E-state index contributed by atoms with van der Waals surface area (Å²) in [6.07, 6.45) is 4.74. The highest BCUT2D eigenvalue weighted by atomic mass is 32.1. The summed E-state index contributed by atoms with van der Waals surface area (Å²) in [5, 5.41) is 4.46. The SMILES string of the molecule is CCc1ccsc1C(NN)c1cccc2cnccc12. The summed E-state index contributed by atoms with van der Waals surface area (Å²) in [4.78, 5) is 5.48. The van der Waals surface area contributed by atoms with Gasteiger partial charge in [0.25, 0.3) is 0 Å². The zero-order chi connectivity index (χ0) is 13.9. The van der Waals surface area contributed by atoms with E-state index in [0.717, 1.165) is 11.8 Å². The minimum atomic E-state index is 0.0241. The van der Waals surface area contributed by atoms with Gasteiger partial charge in [0.15, 0.2) is 0 Å². The number of pyridine rings is 1. The molecular formula is C16H17N3S. The lowest BCUT2D eigenvalue weighted by atomic mass is 9.97. The molecule has 1 atom stereocenters. The Morgan fingerprint density at radius 2 is 2.20 bits per heavy atom. The van der Waals surface area contributed by atoms with Crippen LogP contribution >= 0.6 is 11.3 Å². The Morgan fingerprint density at radius 3 is 3.00 bits per heavy atom. The second-order valence-electron chi connectivity index (χ2n) is 4.71. The van der Waals surface area contributed by atoms with Crippen molar-refractivity contribution >= 4 is 22.1 Å². The number of fused-ring (bicyclic) bond motifs is 1. The number of nitrogens with zero attached hydrogens (tertiary/aromatic N) is 1. The molecule has 0 fully saturated rings. The third kappa shape index (κ3) is 2.22. The van der Waals surface area contributed by atoms with Gasteiger partial charge in [-0.2, -0.15) is 0 Å². The van der Waals surface area contributed by atoms with Crippen LogP contribution in [-0.2, 0) is 6.42 Å². The first-order valence-electron chi connectivity index (χ1n) is 6.70. The Kier molecular flexibility index (Phi) is 3.78. The lowest BCUT2D eigenvalue weighted by molar-refractivity contribution is 0.646. The normalized spacial score (nSPS) is 12.7. The number of benzene rings is 1. The van der Waals surface area contributed by atoms with E-state index in [9.17, 15) is 0 Å². The molecule has 3 aromatic rings. The van der Waals surface area contributed by atoms with Crippen LogP contribution in [0.4, 0.5) is 0 Å². The number of thiophene rings is 1. The molecule has 20 heavy (non-hydrogen) atoms. The fourth-order valence-corrected chi connectivity index (χ4v) is 3.67. The maximum Gasteiger partial charge on any atom is 0.0811 e. The zero-order valence-electron chi connectivity index (χ0n) is 11.3. The molecule has 0 spiro atoms. The number of hydrazine groups is 1. The molecule has 102 valence electrons. The topological polar surface area (TPSA) is 50.9 Å². The van der Waals surface area contributed by atoms with E-state index < -0.39 is 0 Å². The number of hydrogen-bond donors (Lipinski definition) is 2. The van der Waals surface area contributed by atoms with Gasteiger partial charge in [0.2, 0.25) is 0 Å². The van der Waals surface area contributed by atoms with Crippen LogP contribution in [0.3, 0.4) is 0 Å². The molecule has 0 aliphatic heterocycles. The summed E-state index contributed by atoms with van der Waals surface area (Å²) in [7, 11) is 0. The van der Waals surface area contributed by atoms with E-state index in [1.807, 2.05) is 18.5 Å². The van der Waals surface area contributed by atoms with Gasteiger partial charge >= 0.3 is 0 Å². The summed E-state index contributed by atoms with van der Waals surface area (Å²) in [5.41, 5.74) is 5.53. The molecule has 0 aliphatic rings. The van der Waals surface area contributed by atoms with E-state index in [2.05, 4.69) is 47.0 Å². The van der Waals surface area contributed by atoms with Crippen molar-refractivity contribution in [3.63, 3.8) is 0 Å². The van der Waals surface area contributed by atoms with Crippen LogP contribution in [0.2, 0.25) is 0 Å². The van der Waals surface area contributed by atoms with Crippen molar-refractivity contribution in [3.8, 4) is 0 Å². The Hall–Kier alpha value is -1.75. The molecule has 2 heterocycles. The van der Waals surface area contributed by atoms with Crippen LogP contribution < -0.4 is 11.3 Å². The minimum Gasteiger partial charge on any atom is -0.271 e. The third-order valence-corrected chi connectivity index (χ3v) is 4.64. The molecule has 1 aromatic carbocycles. The van der Waals surface area contributed by atoms with Crippen molar-refractivity contribution in [2.45, 2.75) is 19.4 Å². The number of hydrogen-bond acceptors (Lipinski definition) is 4. The van der Waals surface area contributed by atoms with Gasteiger partial charge in [-0.1, -0.05) is 25.1 Å². The number of aryl methyl sites for hydroxylation is 1. The molecular weight excluding hydrogens is 266 g/mol. The largest absolute Gasteiger partial charge is 0.271 e. The van der Waals surface area contributed by atoms with Gasteiger partial charge in [-0.05, 0) is 40.4 Å². The maximum absolute atomic E-state index is 5.85. The second-order valence-corrected chi connectivity index (χ2v) is 5.66. The smallest absolute Gasteiger partial charge is 0.0811 e. The van der Waals surface area contributed by atoms with E-state index >= 15 is 0 Å². The molecule has 2 aromatic heterocycles. The van der Waals surface area contributed by atoms with Crippen LogP contribution in [0, 0.1) is 0 Å². The molecule has 0 saturated heterocycles. The van der Waals surface area contributed by atoms with E-state index in [4.69, 9.17) is 5.84 Å². The van der Waals surface area contributed by atoms with E-state index in [1.165, 1.54) is 21.4 Å². The summed E-state index contributed by atoms with van der Waals surface area (Å²) < 4.78 is 0. The quantitative estimate of drug-likeness (QED) is 0.570. The van der Waals surface area contributed by atoms with Gasteiger partial charge in [-0.15, -0.1) is 11.3 Å². The molecule has 4 heteroatoms. The standard InChI is InChI=1S/C16H17N3S/c1-2-11-7-9-20-16(11)15(19-17)14-5-3-4-12-10-18-8-6-13(12)14/h3-10,15,19H,2,17H2,1H3. The van der Waals surface area contributed by atoms with Crippen molar-refractivity contribution in [3.05, 3.63) is 64.1 Å². The fourth-order valence-electron chi connectivity index (χ4n) is 2.60. The first kappa shape index (κ1) is 13.2. The Morgan fingerprint density at radius 1 is 1.30 bits per heavy atom. The molecule has 3 nitrogen and oxygen atoms in total. The van der Waals surface area contributed by atoms with Crippen molar-refractivity contribution < 1.29 is 0 Å². The van der Waals surface area contributed by atoms with Crippen LogP contribution in [0.1, 0.15) is 29.0 Å².